The fourth-order valence-corrected chi connectivity index (χ4v) is 1.94. The number of H-pyrrole nitrogens is 1. The normalized spacial score (nSPS) is 14.4. The van der Waals surface area contributed by atoms with Crippen molar-refractivity contribution in [2.45, 2.75) is 39.3 Å². The Labute approximate surface area is 107 Å². The molecule has 0 spiro atoms. The molecule has 18 heavy (non-hydrogen) atoms. The fourth-order valence-electron chi connectivity index (χ4n) is 1.94. The third-order valence-corrected chi connectivity index (χ3v) is 3.14. The van der Waals surface area contributed by atoms with Crippen LogP contribution in [-0.2, 0) is 6.42 Å². The summed E-state index contributed by atoms with van der Waals surface area (Å²) >= 11 is 0. The van der Waals surface area contributed by atoms with Gasteiger partial charge in [-0.2, -0.15) is 5.21 Å². The van der Waals surface area contributed by atoms with Gasteiger partial charge in [-0.25, -0.2) is 0 Å². The molecule has 1 heterocycles. The van der Waals surface area contributed by atoms with Crippen molar-refractivity contribution >= 4 is 0 Å². The second-order valence-corrected chi connectivity index (χ2v) is 4.48. The molecular weight excluding hydrogens is 226 g/mol. The quantitative estimate of drug-likeness (QED) is 0.847. The SMILES string of the molecule is CCc1ccc(C(C)NC(C)c2nn[nH]n2)cc1. The van der Waals surface area contributed by atoms with Gasteiger partial charge in [-0.1, -0.05) is 36.4 Å². The van der Waals surface area contributed by atoms with Crippen LogP contribution in [0.1, 0.15) is 49.8 Å². The van der Waals surface area contributed by atoms with E-state index < -0.39 is 0 Å². The minimum atomic E-state index is 0.0737. The molecule has 0 saturated heterocycles. The minimum absolute atomic E-state index is 0.0737. The summed E-state index contributed by atoms with van der Waals surface area (Å²) in [5.74, 6) is 0.687. The van der Waals surface area contributed by atoms with E-state index in [4.69, 9.17) is 0 Å². The van der Waals surface area contributed by atoms with Crippen LogP contribution in [0.15, 0.2) is 24.3 Å². The molecule has 1 aromatic heterocycles. The first-order valence-electron chi connectivity index (χ1n) is 6.29. The Balaban J connectivity index is 2.00. The Kier molecular flexibility index (Phi) is 4.04. The molecule has 2 rings (SSSR count). The van der Waals surface area contributed by atoms with Gasteiger partial charge in [-0.15, -0.1) is 10.2 Å². The lowest BCUT2D eigenvalue weighted by Gasteiger charge is -2.18. The van der Waals surface area contributed by atoms with Crippen molar-refractivity contribution in [2.24, 2.45) is 0 Å². The molecule has 0 aliphatic heterocycles. The average molecular weight is 245 g/mol. The summed E-state index contributed by atoms with van der Waals surface area (Å²) in [6, 6.07) is 9.01. The van der Waals surface area contributed by atoms with Gasteiger partial charge in [0.25, 0.3) is 0 Å². The van der Waals surface area contributed by atoms with Crippen LogP contribution in [-0.4, -0.2) is 20.6 Å². The minimum Gasteiger partial charge on any atom is -0.301 e. The zero-order valence-corrected chi connectivity index (χ0v) is 11.0. The van der Waals surface area contributed by atoms with Gasteiger partial charge < -0.3 is 5.32 Å². The maximum Gasteiger partial charge on any atom is 0.191 e. The lowest BCUT2D eigenvalue weighted by atomic mass is 10.0. The van der Waals surface area contributed by atoms with Crippen molar-refractivity contribution < 1.29 is 0 Å². The molecule has 0 bridgehead atoms. The predicted molar refractivity (Wildman–Crippen MR) is 70.0 cm³/mol. The molecule has 96 valence electrons. The van der Waals surface area contributed by atoms with Gasteiger partial charge in [0.15, 0.2) is 5.82 Å². The van der Waals surface area contributed by atoms with Crippen molar-refractivity contribution in [3.05, 3.63) is 41.2 Å². The Bertz CT molecular complexity index is 463. The number of rotatable bonds is 5. The highest BCUT2D eigenvalue weighted by atomic mass is 15.5. The molecule has 1 aromatic carbocycles. The molecule has 0 aliphatic rings. The number of aromatic amines is 1. The van der Waals surface area contributed by atoms with E-state index in [1.54, 1.807) is 0 Å². The summed E-state index contributed by atoms with van der Waals surface area (Å²) in [6.45, 7) is 6.33. The van der Waals surface area contributed by atoms with Crippen LogP contribution in [0.3, 0.4) is 0 Å². The third-order valence-electron chi connectivity index (χ3n) is 3.14. The van der Waals surface area contributed by atoms with E-state index >= 15 is 0 Å². The van der Waals surface area contributed by atoms with Gasteiger partial charge in [0, 0.05) is 6.04 Å². The second-order valence-electron chi connectivity index (χ2n) is 4.48. The van der Waals surface area contributed by atoms with Crippen molar-refractivity contribution in [3.63, 3.8) is 0 Å². The van der Waals surface area contributed by atoms with Gasteiger partial charge >= 0.3 is 0 Å². The Hall–Kier alpha value is -1.75. The van der Waals surface area contributed by atoms with Crippen LogP contribution >= 0.6 is 0 Å². The zero-order valence-electron chi connectivity index (χ0n) is 11.0. The molecule has 0 amide bonds. The average Bonchev–Trinajstić information content (AvgIpc) is 2.92. The van der Waals surface area contributed by atoms with Crippen LogP contribution in [0.25, 0.3) is 0 Å². The predicted octanol–water partition coefficient (Wildman–Crippen LogP) is 2.17. The molecular formula is C13H19N5. The molecule has 0 fully saturated rings. The highest BCUT2D eigenvalue weighted by Crippen LogP contribution is 2.17. The monoisotopic (exact) mass is 245 g/mol. The molecule has 2 atom stereocenters. The first-order chi connectivity index (χ1) is 8.70. The van der Waals surface area contributed by atoms with Gasteiger partial charge in [-0.05, 0) is 31.4 Å². The molecule has 2 aromatic rings. The van der Waals surface area contributed by atoms with Gasteiger partial charge in [-0.3, -0.25) is 0 Å². The Morgan fingerprint density at radius 1 is 1.17 bits per heavy atom. The highest BCUT2D eigenvalue weighted by Gasteiger charge is 2.14. The number of nitrogens with one attached hydrogen (secondary N) is 2. The van der Waals surface area contributed by atoms with Crippen molar-refractivity contribution in [1.82, 2.24) is 25.9 Å². The van der Waals surface area contributed by atoms with E-state index in [0.29, 0.717) is 5.82 Å². The number of aromatic nitrogens is 4. The largest absolute Gasteiger partial charge is 0.301 e. The summed E-state index contributed by atoms with van der Waals surface area (Å²) in [5, 5.41) is 17.5. The van der Waals surface area contributed by atoms with Crippen LogP contribution in [0, 0.1) is 0 Å². The van der Waals surface area contributed by atoms with Crippen LogP contribution in [0.4, 0.5) is 0 Å². The van der Waals surface area contributed by atoms with E-state index in [9.17, 15) is 0 Å². The van der Waals surface area contributed by atoms with E-state index in [0.717, 1.165) is 6.42 Å². The number of tetrazole rings is 1. The Morgan fingerprint density at radius 2 is 1.89 bits per heavy atom. The maximum atomic E-state index is 3.98. The molecule has 2 unspecified atom stereocenters. The van der Waals surface area contributed by atoms with Crippen molar-refractivity contribution in [2.75, 3.05) is 0 Å². The molecule has 0 saturated carbocycles. The molecule has 0 aliphatic carbocycles. The third kappa shape index (κ3) is 2.92. The molecule has 5 heteroatoms. The van der Waals surface area contributed by atoms with E-state index in [2.05, 4.69) is 64.1 Å². The summed E-state index contributed by atoms with van der Waals surface area (Å²) in [7, 11) is 0. The van der Waals surface area contributed by atoms with Crippen LogP contribution in [0.5, 0.6) is 0 Å². The lowest BCUT2D eigenvalue weighted by Crippen LogP contribution is -2.23. The molecule has 0 radical (unpaired) electrons. The number of nitrogens with zero attached hydrogens (tertiary/aromatic N) is 3. The number of hydrogen-bond acceptors (Lipinski definition) is 4. The number of hydrogen-bond donors (Lipinski definition) is 2. The lowest BCUT2D eigenvalue weighted by molar-refractivity contribution is 0.477. The second kappa shape index (κ2) is 5.73. The van der Waals surface area contributed by atoms with E-state index in [1.165, 1.54) is 11.1 Å². The van der Waals surface area contributed by atoms with E-state index in [-0.39, 0.29) is 12.1 Å². The molecule has 2 N–H and O–H groups in total. The number of benzene rings is 1. The van der Waals surface area contributed by atoms with Crippen molar-refractivity contribution in [1.29, 1.82) is 0 Å². The first-order valence-corrected chi connectivity index (χ1v) is 6.29. The van der Waals surface area contributed by atoms with Crippen LogP contribution in [0.2, 0.25) is 0 Å². The van der Waals surface area contributed by atoms with Crippen molar-refractivity contribution in [3.8, 4) is 0 Å². The smallest absolute Gasteiger partial charge is 0.191 e. The Morgan fingerprint density at radius 3 is 2.44 bits per heavy atom. The van der Waals surface area contributed by atoms with Gasteiger partial charge in [0.05, 0.1) is 6.04 Å². The number of aryl methyl sites for hydroxylation is 1. The topological polar surface area (TPSA) is 66.5 Å². The van der Waals surface area contributed by atoms with Gasteiger partial charge in [0.2, 0.25) is 0 Å². The molecule has 5 nitrogen and oxygen atoms in total. The summed E-state index contributed by atoms with van der Waals surface area (Å²) in [5.41, 5.74) is 2.62. The maximum absolute atomic E-state index is 3.98. The van der Waals surface area contributed by atoms with Gasteiger partial charge in [0.1, 0.15) is 0 Å². The summed E-state index contributed by atoms with van der Waals surface area (Å²) < 4.78 is 0. The standard InChI is InChI=1S/C13H19N5/c1-4-11-5-7-12(8-6-11)9(2)14-10(3)13-15-17-18-16-13/h5-10,14H,4H2,1-3H3,(H,15,16,17,18). The van der Waals surface area contributed by atoms with E-state index in [1.807, 2.05) is 6.92 Å². The summed E-state index contributed by atoms with van der Waals surface area (Å²) in [6.07, 6.45) is 1.07. The zero-order chi connectivity index (χ0) is 13.0. The first kappa shape index (κ1) is 12.7. The fraction of sp³-hybridized carbons (Fsp3) is 0.462. The summed E-state index contributed by atoms with van der Waals surface area (Å²) in [4.78, 5) is 0. The highest BCUT2D eigenvalue weighted by molar-refractivity contribution is 5.24. The van der Waals surface area contributed by atoms with Crippen LogP contribution < -0.4 is 5.32 Å².